The smallest absolute Gasteiger partial charge is 0.338 e. The predicted molar refractivity (Wildman–Crippen MR) is 84.7 cm³/mol. The molecule has 114 valence electrons. The standard InChI is InChI=1S/C18H25NO2/c1-18(2)9-7-15(8-10-18)21-17(20)14-5-6-16-13(12-14)4-3-11-19-16/h5-6,12,15,19H,3-4,7-11H2,1-2H3. The SMILES string of the molecule is CC1(C)CCC(OC(=O)c2ccc3c(c2)CCCN3)CC1. The Morgan fingerprint density at radius 1 is 1.29 bits per heavy atom. The van der Waals surface area contributed by atoms with E-state index >= 15 is 0 Å². The summed E-state index contributed by atoms with van der Waals surface area (Å²) in [6, 6.07) is 5.89. The molecule has 0 atom stereocenters. The van der Waals surface area contributed by atoms with E-state index in [4.69, 9.17) is 4.74 Å². The number of carbonyl (C=O) groups excluding carboxylic acids is 1. The van der Waals surface area contributed by atoms with Gasteiger partial charge in [0.25, 0.3) is 0 Å². The highest BCUT2D eigenvalue weighted by Gasteiger charge is 2.29. The van der Waals surface area contributed by atoms with Crippen LogP contribution >= 0.6 is 0 Å². The maximum Gasteiger partial charge on any atom is 0.338 e. The first-order valence-electron chi connectivity index (χ1n) is 8.11. The zero-order valence-corrected chi connectivity index (χ0v) is 13.1. The van der Waals surface area contributed by atoms with E-state index in [9.17, 15) is 4.79 Å². The number of anilines is 1. The molecule has 1 N–H and O–H groups in total. The second kappa shape index (κ2) is 5.70. The minimum atomic E-state index is -0.159. The molecule has 3 heteroatoms. The van der Waals surface area contributed by atoms with Gasteiger partial charge in [-0.05, 0) is 67.7 Å². The number of esters is 1. The zero-order valence-electron chi connectivity index (χ0n) is 13.1. The fraction of sp³-hybridized carbons (Fsp3) is 0.611. The summed E-state index contributed by atoms with van der Waals surface area (Å²) in [7, 11) is 0. The lowest BCUT2D eigenvalue weighted by Crippen LogP contribution is -2.28. The average molecular weight is 287 g/mol. The van der Waals surface area contributed by atoms with Crippen LogP contribution in [0.5, 0.6) is 0 Å². The first kappa shape index (κ1) is 14.4. The molecule has 0 spiro atoms. The van der Waals surface area contributed by atoms with Gasteiger partial charge in [-0.25, -0.2) is 4.79 Å². The zero-order chi connectivity index (χ0) is 14.9. The Labute approximate surface area is 127 Å². The van der Waals surface area contributed by atoms with Crippen LogP contribution in [0.25, 0.3) is 0 Å². The number of fused-ring (bicyclic) bond motifs is 1. The molecule has 0 aromatic heterocycles. The molecule has 0 bridgehead atoms. The number of rotatable bonds is 2. The molecular weight excluding hydrogens is 262 g/mol. The molecule has 0 radical (unpaired) electrons. The highest BCUT2D eigenvalue weighted by molar-refractivity contribution is 5.90. The molecule has 3 nitrogen and oxygen atoms in total. The van der Waals surface area contributed by atoms with E-state index in [0.717, 1.165) is 50.8 Å². The lowest BCUT2D eigenvalue weighted by molar-refractivity contribution is 0.00950. The number of carbonyl (C=O) groups is 1. The molecule has 1 aliphatic heterocycles. The Morgan fingerprint density at radius 3 is 2.81 bits per heavy atom. The van der Waals surface area contributed by atoms with Gasteiger partial charge in [-0.1, -0.05) is 13.8 Å². The van der Waals surface area contributed by atoms with Crippen molar-refractivity contribution in [3.05, 3.63) is 29.3 Å². The third-order valence-electron chi connectivity index (χ3n) is 4.84. The quantitative estimate of drug-likeness (QED) is 0.830. The van der Waals surface area contributed by atoms with E-state index in [-0.39, 0.29) is 12.1 Å². The Bertz CT molecular complexity index is 526. The summed E-state index contributed by atoms with van der Waals surface area (Å²) in [6.07, 6.45) is 6.53. The molecule has 1 aliphatic carbocycles. The molecule has 3 rings (SSSR count). The van der Waals surface area contributed by atoms with Crippen molar-refractivity contribution in [2.45, 2.75) is 58.5 Å². The van der Waals surface area contributed by atoms with Crippen molar-refractivity contribution in [3.63, 3.8) is 0 Å². The summed E-state index contributed by atoms with van der Waals surface area (Å²) >= 11 is 0. The molecule has 1 fully saturated rings. The third-order valence-corrected chi connectivity index (χ3v) is 4.84. The third kappa shape index (κ3) is 3.39. The number of hydrogen-bond acceptors (Lipinski definition) is 3. The van der Waals surface area contributed by atoms with Gasteiger partial charge in [0.2, 0.25) is 0 Å². The van der Waals surface area contributed by atoms with Gasteiger partial charge in [-0.3, -0.25) is 0 Å². The van der Waals surface area contributed by atoms with Crippen LogP contribution in [0.2, 0.25) is 0 Å². The van der Waals surface area contributed by atoms with Gasteiger partial charge in [-0.2, -0.15) is 0 Å². The van der Waals surface area contributed by atoms with E-state index in [1.807, 2.05) is 18.2 Å². The summed E-state index contributed by atoms with van der Waals surface area (Å²) in [6.45, 7) is 5.61. The fourth-order valence-corrected chi connectivity index (χ4v) is 3.31. The Kier molecular flexibility index (Phi) is 3.92. The summed E-state index contributed by atoms with van der Waals surface area (Å²) < 4.78 is 5.70. The maximum atomic E-state index is 12.3. The van der Waals surface area contributed by atoms with Crippen molar-refractivity contribution >= 4 is 11.7 Å². The van der Waals surface area contributed by atoms with Crippen LogP contribution in [-0.4, -0.2) is 18.6 Å². The van der Waals surface area contributed by atoms with Crippen molar-refractivity contribution in [3.8, 4) is 0 Å². The summed E-state index contributed by atoms with van der Waals surface area (Å²) in [5, 5.41) is 3.37. The van der Waals surface area contributed by atoms with E-state index < -0.39 is 0 Å². The highest BCUT2D eigenvalue weighted by Crippen LogP contribution is 2.36. The summed E-state index contributed by atoms with van der Waals surface area (Å²) in [5.74, 6) is -0.159. The van der Waals surface area contributed by atoms with Gasteiger partial charge in [0.15, 0.2) is 0 Å². The Balaban J connectivity index is 1.63. The fourth-order valence-electron chi connectivity index (χ4n) is 3.31. The van der Waals surface area contributed by atoms with Crippen LogP contribution < -0.4 is 5.32 Å². The number of ether oxygens (including phenoxy) is 1. The van der Waals surface area contributed by atoms with Gasteiger partial charge in [0.1, 0.15) is 6.10 Å². The molecule has 2 aliphatic rings. The molecule has 1 aromatic carbocycles. The Morgan fingerprint density at radius 2 is 2.05 bits per heavy atom. The van der Waals surface area contributed by atoms with Gasteiger partial charge in [0, 0.05) is 12.2 Å². The molecule has 1 aromatic rings. The number of hydrogen-bond donors (Lipinski definition) is 1. The number of aryl methyl sites for hydroxylation is 1. The second-order valence-corrected chi connectivity index (χ2v) is 7.17. The van der Waals surface area contributed by atoms with E-state index in [1.165, 1.54) is 5.56 Å². The topological polar surface area (TPSA) is 38.3 Å². The van der Waals surface area contributed by atoms with Gasteiger partial charge in [0.05, 0.1) is 5.56 Å². The van der Waals surface area contributed by atoms with Crippen molar-refractivity contribution in [2.24, 2.45) is 5.41 Å². The maximum absolute atomic E-state index is 12.3. The van der Waals surface area contributed by atoms with Crippen molar-refractivity contribution < 1.29 is 9.53 Å². The molecule has 0 unspecified atom stereocenters. The van der Waals surface area contributed by atoms with Crippen LogP contribution in [0.4, 0.5) is 5.69 Å². The molecular formula is C18H25NO2. The molecule has 1 heterocycles. The molecule has 1 saturated carbocycles. The minimum Gasteiger partial charge on any atom is -0.459 e. The first-order valence-corrected chi connectivity index (χ1v) is 8.11. The first-order chi connectivity index (χ1) is 10.0. The van der Waals surface area contributed by atoms with Crippen LogP contribution in [0.15, 0.2) is 18.2 Å². The van der Waals surface area contributed by atoms with Crippen molar-refractivity contribution in [1.82, 2.24) is 0 Å². The van der Waals surface area contributed by atoms with E-state index in [2.05, 4.69) is 19.2 Å². The monoisotopic (exact) mass is 287 g/mol. The van der Waals surface area contributed by atoms with E-state index in [0.29, 0.717) is 11.0 Å². The van der Waals surface area contributed by atoms with Crippen LogP contribution in [0.3, 0.4) is 0 Å². The number of nitrogens with one attached hydrogen (secondary N) is 1. The summed E-state index contributed by atoms with van der Waals surface area (Å²) in [5.41, 5.74) is 3.50. The largest absolute Gasteiger partial charge is 0.459 e. The van der Waals surface area contributed by atoms with Crippen LogP contribution in [-0.2, 0) is 11.2 Å². The average Bonchev–Trinajstić information content (AvgIpc) is 2.49. The molecule has 0 saturated heterocycles. The van der Waals surface area contributed by atoms with E-state index in [1.54, 1.807) is 0 Å². The molecule has 0 amide bonds. The van der Waals surface area contributed by atoms with Crippen LogP contribution in [0.1, 0.15) is 61.9 Å². The molecule has 21 heavy (non-hydrogen) atoms. The van der Waals surface area contributed by atoms with Gasteiger partial charge >= 0.3 is 5.97 Å². The normalized spacial score (nSPS) is 21.2. The van der Waals surface area contributed by atoms with Crippen molar-refractivity contribution in [1.29, 1.82) is 0 Å². The summed E-state index contributed by atoms with van der Waals surface area (Å²) in [4.78, 5) is 12.3. The lowest BCUT2D eigenvalue weighted by atomic mass is 9.76. The highest BCUT2D eigenvalue weighted by atomic mass is 16.5. The number of benzene rings is 1. The predicted octanol–water partition coefficient (Wildman–Crippen LogP) is 4.17. The Hall–Kier alpha value is -1.51. The second-order valence-electron chi connectivity index (χ2n) is 7.17. The van der Waals surface area contributed by atoms with Gasteiger partial charge < -0.3 is 10.1 Å². The van der Waals surface area contributed by atoms with Crippen molar-refractivity contribution in [2.75, 3.05) is 11.9 Å². The minimum absolute atomic E-state index is 0.0969. The van der Waals surface area contributed by atoms with Gasteiger partial charge in [-0.15, -0.1) is 0 Å². The lowest BCUT2D eigenvalue weighted by Gasteiger charge is -2.33. The van der Waals surface area contributed by atoms with Crippen LogP contribution in [0, 0.1) is 5.41 Å².